The second kappa shape index (κ2) is 6.16. The van der Waals surface area contributed by atoms with Crippen molar-refractivity contribution < 1.29 is 9.84 Å². The zero-order chi connectivity index (χ0) is 18.4. The molecular formula is C23H20N2O2. The number of benzene rings is 3. The lowest BCUT2D eigenvalue weighted by Gasteiger charge is -2.36. The van der Waals surface area contributed by atoms with Gasteiger partial charge in [-0.05, 0) is 35.4 Å². The Kier molecular flexibility index (Phi) is 3.64. The number of hydrazone groups is 1. The minimum atomic E-state index is -0.142. The lowest BCUT2D eigenvalue weighted by atomic mass is 9.79. The molecule has 0 bridgehead atoms. The standard InChI is InChI=1S/C23H20N2O2/c1-25-22(16-10-7-11-17(26)14-16)20-21(24-25)18-12-5-6-13-19(18)27-23(20)15-8-3-2-4-9-15/h2-14,20,22-23,26H,1H3. The van der Waals surface area contributed by atoms with E-state index in [4.69, 9.17) is 9.84 Å². The fourth-order valence-corrected chi connectivity index (χ4v) is 4.26. The zero-order valence-electron chi connectivity index (χ0n) is 15.0. The normalized spacial score (nSPS) is 23.2. The second-order valence-corrected chi connectivity index (χ2v) is 7.07. The van der Waals surface area contributed by atoms with E-state index in [1.54, 1.807) is 6.07 Å². The average Bonchev–Trinajstić information content (AvgIpc) is 3.05. The molecule has 4 heteroatoms. The van der Waals surface area contributed by atoms with Crippen LogP contribution in [0.3, 0.4) is 0 Å². The molecule has 0 saturated heterocycles. The van der Waals surface area contributed by atoms with Crippen LogP contribution in [0.4, 0.5) is 0 Å². The number of para-hydroxylation sites is 1. The molecule has 3 aromatic carbocycles. The summed E-state index contributed by atoms with van der Waals surface area (Å²) in [6, 6.07) is 25.8. The zero-order valence-corrected chi connectivity index (χ0v) is 15.0. The van der Waals surface area contributed by atoms with E-state index in [2.05, 4.69) is 18.2 Å². The first-order valence-electron chi connectivity index (χ1n) is 9.13. The maximum Gasteiger partial charge on any atom is 0.135 e. The highest BCUT2D eigenvalue weighted by Gasteiger charge is 2.47. The molecule has 0 aliphatic carbocycles. The highest BCUT2D eigenvalue weighted by molar-refractivity contribution is 6.07. The topological polar surface area (TPSA) is 45.1 Å². The first-order chi connectivity index (χ1) is 13.2. The number of ether oxygens (including phenoxy) is 1. The SMILES string of the molecule is CN1N=C2c3ccccc3OC(c3ccccc3)C2C1c1cccc(O)c1. The van der Waals surface area contributed by atoms with Gasteiger partial charge in [-0.1, -0.05) is 54.6 Å². The molecule has 2 aliphatic heterocycles. The maximum atomic E-state index is 10.0. The van der Waals surface area contributed by atoms with Crippen molar-refractivity contribution >= 4 is 5.71 Å². The highest BCUT2D eigenvalue weighted by atomic mass is 16.5. The van der Waals surface area contributed by atoms with Crippen LogP contribution in [0.5, 0.6) is 11.5 Å². The van der Waals surface area contributed by atoms with E-state index in [0.717, 1.165) is 28.2 Å². The Hall–Kier alpha value is -3.27. The van der Waals surface area contributed by atoms with Crippen molar-refractivity contribution in [1.82, 2.24) is 5.01 Å². The van der Waals surface area contributed by atoms with Gasteiger partial charge in [-0.2, -0.15) is 5.10 Å². The summed E-state index contributed by atoms with van der Waals surface area (Å²) in [5.74, 6) is 1.17. The van der Waals surface area contributed by atoms with Crippen LogP contribution in [0, 0.1) is 5.92 Å². The van der Waals surface area contributed by atoms with E-state index in [0.29, 0.717) is 0 Å². The fraction of sp³-hybridized carbons (Fsp3) is 0.174. The Labute approximate surface area is 158 Å². The van der Waals surface area contributed by atoms with E-state index in [1.165, 1.54) is 0 Å². The van der Waals surface area contributed by atoms with Gasteiger partial charge in [-0.15, -0.1) is 0 Å². The van der Waals surface area contributed by atoms with Crippen molar-refractivity contribution in [2.75, 3.05) is 7.05 Å². The number of aromatic hydroxyl groups is 1. The number of hydrogen-bond donors (Lipinski definition) is 1. The predicted molar refractivity (Wildman–Crippen MR) is 105 cm³/mol. The highest BCUT2D eigenvalue weighted by Crippen LogP contribution is 2.49. The maximum absolute atomic E-state index is 10.0. The molecule has 2 aliphatic rings. The third-order valence-corrected chi connectivity index (χ3v) is 5.41. The molecule has 0 spiro atoms. The summed E-state index contributed by atoms with van der Waals surface area (Å²) < 4.78 is 6.49. The van der Waals surface area contributed by atoms with Crippen LogP contribution in [0.2, 0.25) is 0 Å². The van der Waals surface area contributed by atoms with Gasteiger partial charge in [0.2, 0.25) is 0 Å². The van der Waals surface area contributed by atoms with Crippen molar-refractivity contribution in [3.63, 3.8) is 0 Å². The molecule has 0 fully saturated rings. The Morgan fingerprint density at radius 3 is 2.44 bits per heavy atom. The molecule has 27 heavy (non-hydrogen) atoms. The van der Waals surface area contributed by atoms with E-state index < -0.39 is 0 Å². The van der Waals surface area contributed by atoms with Crippen LogP contribution >= 0.6 is 0 Å². The molecule has 3 aromatic rings. The van der Waals surface area contributed by atoms with Gasteiger partial charge >= 0.3 is 0 Å². The summed E-state index contributed by atoms with van der Waals surface area (Å²) in [7, 11) is 1.99. The summed E-state index contributed by atoms with van der Waals surface area (Å²) in [5, 5.41) is 16.9. The molecular weight excluding hydrogens is 336 g/mol. The van der Waals surface area contributed by atoms with Gasteiger partial charge in [0.15, 0.2) is 0 Å². The van der Waals surface area contributed by atoms with Crippen molar-refractivity contribution in [2.45, 2.75) is 12.1 Å². The molecule has 134 valence electrons. The first-order valence-corrected chi connectivity index (χ1v) is 9.13. The van der Waals surface area contributed by atoms with Crippen molar-refractivity contribution in [3.8, 4) is 11.5 Å². The van der Waals surface area contributed by atoms with Gasteiger partial charge in [0.25, 0.3) is 0 Å². The van der Waals surface area contributed by atoms with Gasteiger partial charge in [0.05, 0.1) is 17.7 Å². The number of phenolic OH excluding ortho intramolecular Hbond substituents is 1. The molecule has 3 atom stereocenters. The van der Waals surface area contributed by atoms with Crippen LogP contribution < -0.4 is 4.74 Å². The Bertz CT molecular complexity index is 1020. The minimum Gasteiger partial charge on any atom is -0.508 e. The van der Waals surface area contributed by atoms with Gasteiger partial charge in [0.1, 0.15) is 17.6 Å². The minimum absolute atomic E-state index is 0.00865. The Balaban J connectivity index is 1.68. The molecule has 0 radical (unpaired) electrons. The van der Waals surface area contributed by atoms with Gasteiger partial charge < -0.3 is 9.84 Å². The van der Waals surface area contributed by atoms with E-state index in [9.17, 15) is 5.11 Å². The van der Waals surface area contributed by atoms with Crippen LogP contribution in [0.15, 0.2) is 84.0 Å². The summed E-state index contributed by atoms with van der Waals surface area (Å²) in [5.41, 5.74) is 4.25. The van der Waals surface area contributed by atoms with Crippen LogP contribution in [0.25, 0.3) is 0 Å². The second-order valence-electron chi connectivity index (χ2n) is 7.07. The lowest BCUT2D eigenvalue weighted by Crippen LogP contribution is -2.35. The first kappa shape index (κ1) is 15.9. The quantitative estimate of drug-likeness (QED) is 0.734. The van der Waals surface area contributed by atoms with Crippen LogP contribution in [-0.4, -0.2) is 22.9 Å². The Morgan fingerprint density at radius 1 is 0.889 bits per heavy atom. The third kappa shape index (κ3) is 2.56. The Morgan fingerprint density at radius 2 is 1.63 bits per heavy atom. The number of fused-ring (bicyclic) bond motifs is 3. The van der Waals surface area contributed by atoms with Crippen molar-refractivity contribution in [2.24, 2.45) is 11.0 Å². The van der Waals surface area contributed by atoms with Crippen LogP contribution in [0.1, 0.15) is 28.8 Å². The number of hydrogen-bond acceptors (Lipinski definition) is 4. The fourth-order valence-electron chi connectivity index (χ4n) is 4.26. The predicted octanol–water partition coefficient (Wildman–Crippen LogP) is 4.53. The molecule has 4 nitrogen and oxygen atoms in total. The summed E-state index contributed by atoms with van der Waals surface area (Å²) in [4.78, 5) is 0. The van der Waals surface area contributed by atoms with E-state index in [1.807, 2.05) is 66.7 Å². The lowest BCUT2D eigenvalue weighted by molar-refractivity contribution is 0.113. The number of phenols is 1. The number of nitrogens with zero attached hydrogens (tertiary/aromatic N) is 2. The monoisotopic (exact) mass is 356 g/mol. The van der Waals surface area contributed by atoms with Crippen molar-refractivity contribution in [1.29, 1.82) is 0 Å². The van der Waals surface area contributed by atoms with E-state index >= 15 is 0 Å². The number of rotatable bonds is 2. The molecule has 0 amide bonds. The molecule has 0 aromatic heterocycles. The van der Waals surface area contributed by atoms with E-state index in [-0.39, 0.29) is 23.8 Å². The summed E-state index contributed by atoms with van der Waals surface area (Å²) >= 11 is 0. The van der Waals surface area contributed by atoms with Gasteiger partial charge in [-0.25, -0.2) is 0 Å². The molecule has 5 rings (SSSR count). The molecule has 2 heterocycles. The third-order valence-electron chi connectivity index (χ3n) is 5.41. The van der Waals surface area contributed by atoms with Crippen molar-refractivity contribution in [3.05, 3.63) is 95.6 Å². The smallest absolute Gasteiger partial charge is 0.135 e. The van der Waals surface area contributed by atoms with Gasteiger partial charge in [-0.3, -0.25) is 5.01 Å². The van der Waals surface area contributed by atoms with Crippen LogP contribution in [-0.2, 0) is 0 Å². The molecule has 0 saturated carbocycles. The summed E-state index contributed by atoms with van der Waals surface area (Å²) in [6.07, 6.45) is -0.142. The summed E-state index contributed by atoms with van der Waals surface area (Å²) in [6.45, 7) is 0. The largest absolute Gasteiger partial charge is 0.508 e. The van der Waals surface area contributed by atoms with Gasteiger partial charge in [0, 0.05) is 12.6 Å². The molecule has 1 N–H and O–H groups in total. The average molecular weight is 356 g/mol. The molecule has 3 unspecified atom stereocenters.